The summed E-state index contributed by atoms with van der Waals surface area (Å²) >= 11 is 0. The molecule has 31 heavy (non-hydrogen) atoms. The minimum atomic E-state index is -0.545. The maximum absolute atomic E-state index is 12.0. The highest BCUT2D eigenvalue weighted by molar-refractivity contribution is 5.89. The third kappa shape index (κ3) is 5.32. The second-order valence-corrected chi connectivity index (χ2v) is 7.67. The summed E-state index contributed by atoms with van der Waals surface area (Å²) in [5, 5.41) is 8.71. The van der Waals surface area contributed by atoms with Crippen LogP contribution < -0.4 is 4.90 Å². The quantitative estimate of drug-likeness (QED) is 0.314. The van der Waals surface area contributed by atoms with E-state index in [9.17, 15) is 4.79 Å². The maximum atomic E-state index is 12.0. The highest BCUT2D eigenvalue weighted by Crippen LogP contribution is 2.29. The van der Waals surface area contributed by atoms with Crippen LogP contribution in [0.2, 0.25) is 0 Å². The van der Waals surface area contributed by atoms with Crippen molar-refractivity contribution in [2.45, 2.75) is 19.3 Å². The number of hydrogen-bond donors (Lipinski definition) is 1. The largest absolute Gasteiger partial charge is 0.396 e. The van der Waals surface area contributed by atoms with Crippen molar-refractivity contribution < 1.29 is 19.7 Å². The average Bonchev–Trinajstić information content (AvgIpc) is 3.37. The molecule has 5 nitrogen and oxygen atoms in total. The van der Waals surface area contributed by atoms with Crippen LogP contribution in [0.3, 0.4) is 0 Å². The first-order valence-corrected chi connectivity index (χ1v) is 10.7. The second-order valence-electron chi connectivity index (χ2n) is 7.67. The van der Waals surface area contributed by atoms with Crippen LogP contribution in [-0.4, -0.2) is 37.4 Å². The topological polar surface area (TPSA) is 59.0 Å². The lowest BCUT2D eigenvalue weighted by atomic mass is 9.98. The summed E-state index contributed by atoms with van der Waals surface area (Å²) in [5.74, 6) is -0.545. The first-order valence-electron chi connectivity index (χ1n) is 10.7. The summed E-state index contributed by atoms with van der Waals surface area (Å²) in [6.07, 6.45) is 2.97. The number of rotatable bonds is 8. The summed E-state index contributed by atoms with van der Waals surface area (Å²) < 4.78 is 0. The Morgan fingerprint density at radius 2 is 1.45 bits per heavy atom. The zero-order valence-corrected chi connectivity index (χ0v) is 17.5. The van der Waals surface area contributed by atoms with Gasteiger partial charge in [-0.25, -0.2) is 4.79 Å². The predicted octanol–water partition coefficient (Wildman–Crippen LogP) is 5.09. The molecular weight excluding hydrogens is 390 g/mol. The molecule has 0 saturated carbocycles. The van der Waals surface area contributed by atoms with Gasteiger partial charge in [0.2, 0.25) is 0 Å². The van der Waals surface area contributed by atoms with E-state index in [4.69, 9.17) is 14.9 Å². The maximum Gasteiger partial charge on any atom is 0.373 e. The molecular formula is C26H27NO4. The molecule has 0 amide bonds. The second kappa shape index (κ2) is 10.2. The van der Waals surface area contributed by atoms with Gasteiger partial charge >= 0.3 is 5.97 Å². The van der Waals surface area contributed by atoms with Gasteiger partial charge in [-0.3, -0.25) is 4.89 Å². The van der Waals surface area contributed by atoms with E-state index in [1.807, 2.05) is 12.1 Å². The van der Waals surface area contributed by atoms with Crippen molar-refractivity contribution in [3.63, 3.8) is 0 Å². The molecule has 3 aromatic carbocycles. The Morgan fingerprint density at radius 3 is 2.06 bits per heavy atom. The molecule has 0 atom stereocenters. The Morgan fingerprint density at radius 1 is 0.839 bits per heavy atom. The molecule has 0 bridgehead atoms. The van der Waals surface area contributed by atoms with E-state index in [1.165, 1.54) is 24.1 Å². The van der Waals surface area contributed by atoms with Gasteiger partial charge in [-0.05, 0) is 71.8 Å². The number of aliphatic hydroxyl groups is 1. The standard InChI is InChI=1S/C26H27NO4/c28-17-4-18-30-31-26(29)22-9-7-20(8-10-22)23-5-3-6-24(19-23)21-11-13-25(14-12-21)27-15-1-2-16-27/h3,5-14,19,28H,1-2,4,15-18H2. The van der Waals surface area contributed by atoms with Gasteiger partial charge < -0.3 is 10.0 Å². The number of carbonyl (C=O) groups is 1. The molecule has 1 fully saturated rings. The SMILES string of the molecule is O=C(OOCCCO)c1ccc(-c2cccc(-c3ccc(N4CCCC4)cc3)c2)cc1. The Kier molecular flexibility index (Phi) is 6.97. The fourth-order valence-corrected chi connectivity index (χ4v) is 3.78. The molecule has 0 spiro atoms. The van der Waals surface area contributed by atoms with Gasteiger partial charge in [-0.1, -0.05) is 42.5 Å². The molecule has 0 aliphatic carbocycles. The minimum Gasteiger partial charge on any atom is -0.396 e. The van der Waals surface area contributed by atoms with Crippen molar-refractivity contribution in [2.24, 2.45) is 0 Å². The summed E-state index contributed by atoms with van der Waals surface area (Å²) in [6, 6.07) is 24.4. The van der Waals surface area contributed by atoms with Crippen LogP contribution in [0.5, 0.6) is 0 Å². The summed E-state index contributed by atoms with van der Waals surface area (Å²) in [7, 11) is 0. The average molecular weight is 418 g/mol. The van der Waals surface area contributed by atoms with Gasteiger partial charge in [-0.15, -0.1) is 0 Å². The number of aliphatic hydroxyl groups excluding tert-OH is 1. The fraction of sp³-hybridized carbons (Fsp3) is 0.269. The van der Waals surface area contributed by atoms with E-state index in [1.54, 1.807) is 12.1 Å². The number of carbonyl (C=O) groups excluding carboxylic acids is 1. The minimum absolute atomic E-state index is 0.00605. The van der Waals surface area contributed by atoms with Crippen LogP contribution in [0.25, 0.3) is 22.3 Å². The van der Waals surface area contributed by atoms with Crippen molar-refractivity contribution in [2.75, 3.05) is 31.2 Å². The summed E-state index contributed by atoms with van der Waals surface area (Å²) in [6.45, 7) is 2.46. The van der Waals surface area contributed by atoms with Crippen molar-refractivity contribution in [3.8, 4) is 22.3 Å². The molecule has 1 heterocycles. The van der Waals surface area contributed by atoms with Crippen LogP contribution in [0, 0.1) is 0 Å². The normalized spacial score (nSPS) is 13.4. The molecule has 1 aliphatic rings. The first kappa shape index (κ1) is 21.1. The zero-order chi connectivity index (χ0) is 21.5. The molecule has 3 aromatic rings. The van der Waals surface area contributed by atoms with Gasteiger partial charge in [0.1, 0.15) is 0 Å². The number of benzene rings is 3. The molecule has 1 N–H and O–H groups in total. The number of nitrogens with zero attached hydrogens (tertiary/aromatic N) is 1. The van der Waals surface area contributed by atoms with Gasteiger partial charge in [0.05, 0.1) is 12.2 Å². The van der Waals surface area contributed by atoms with Gasteiger partial charge in [0, 0.05) is 25.4 Å². The van der Waals surface area contributed by atoms with E-state index in [2.05, 4.69) is 53.4 Å². The first-order chi connectivity index (χ1) is 15.2. The van der Waals surface area contributed by atoms with Crippen LogP contribution in [0.1, 0.15) is 29.6 Å². The van der Waals surface area contributed by atoms with E-state index in [0.717, 1.165) is 29.8 Å². The number of hydrogen-bond acceptors (Lipinski definition) is 5. The van der Waals surface area contributed by atoms with E-state index in [0.29, 0.717) is 12.0 Å². The monoisotopic (exact) mass is 417 g/mol. The lowest BCUT2D eigenvalue weighted by Crippen LogP contribution is -2.17. The molecule has 0 radical (unpaired) electrons. The summed E-state index contributed by atoms with van der Waals surface area (Å²) in [5.41, 5.74) is 6.16. The molecule has 1 saturated heterocycles. The smallest absolute Gasteiger partial charge is 0.373 e. The number of anilines is 1. The van der Waals surface area contributed by atoms with Crippen LogP contribution in [0.15, 0.2) is 72.8 Å². The van der Waals surface area contributed by atoms with Crippen molar-refractivity contribution in [3.05, 3.63) is 78.4 Å². The van der Waals surface area contributed by atoms with Crippen LogP contribution >= 0.6 is 0 Å². The highest BCUT2D eigenvalue weighted by atomic mass is 17.2. The molecule has 0 unspecified atom stereocenters. The molecule has 4 rings (SSSR count). The van der Waals surface area contributed by atoms with Gasteiger partial charge in [-0.2, -0.15) is 4.89 Å². The highest BCUT2D eigenvalue weighted by Gasteiger charge is 2.12. The Balaban J connectivity index is 1.45. The fourth-order valence-electron chi connectivity index (χ4n) is 3.78. The molecule has 160 valence electrons. The predicted molar refractivity (Wildman–Crippen MR) is 122 cm³/mol. The lowest BCUT2D eigenvalue weighted by Gasteiger charge is -2.17. The Labute approximate surface area is 182 Å². The zero-order valence-electron chi connectivity index (χ0n) is 17.5. The van der Waals surface area contributed by atoms with Crippen molar-refractivity contribution >= 4 is 11.7 Å². The van der Waals surface area contributed by atoms with Gasteiger partial charge in [0.15, 0.2) is 0 Å². The Bertz CT molecular complexity index is 993. The molecule has 0 aromatic heterocycles. The van der Waals surface area contributed by atoms with Crippen LogP contribution in [0.4, 0.5) is 5.69 Å². The van der Waals surface area contributed by atoms with E-state index in [-0.39, 0.29) is 13.2 Å². The van der Waals surface area contributed by atoms with Gasteiger partial charge in [0.25, 0.3) is 0 Å². The van der Waals surface area contributed by atoms with E-state index < -0.39 is 5.97 Å². The van der Waals surface area contributed by atoms with Crippen LogP contribution in [-0.2, 0) is 9.78 Å². The van der Waals surface area contributed by atoms with Crippen molar-refractivity contribution in [1.82, 2.24) is 0 Å². The molecule has 5 heteroatoms. The Hall–Kier alpha value is -3.15. The lowest BCUT2D eigenvalue weighted by molar-refractivity contribution is -0.242. The van der Waals surface area contributed by atoms with Crippen molar-refractivity contribution in [1.29, 1.82) is 0 Å². The molecule has 1 aliphatic heterocycles. The third-order valence-electron chi connectivity index (χ3n) is 5.51. The summed E-state index contributed by atoms with van der Waals surface area (Å²) in [4.78, 5) is 24.0. The third-order valence-corrected chi connectivity index (χ3v) is 5.51. The van der Waals surface area contributed by atoms with E-state index >= 15 is 0 Å².